The molecule has 3 aromatic rings. The van der Waals surface area contributed by atoms with Crippen LogP contribution in [0.5, 0.6) is 0 Å². The molecule has 258 valence electrons. The number of aromatic nitrogens is 1. The van der Waals surface area contributed by atoms with Crippen LogP contribution in [0.4, 0.5) is 16.2 Å². The van der Waals surface area contributed by atoms with Crippen LogP contribution in [0.25, 0.3) is 0 Å². The normalized spacial score (nSPS) is 16.1. The van der Waals surface area contributed by atoms with Gasteiger partial charge in [0.15, 0.2) is 9.79 Å². The smallest absolute Gasteiger partial charge is 0.410 e. The maximum Gasteiger partial charge on any atom is 0.410 e. The van der Waals surface area contributed by atoms with E-state index in [4.69, 9.17) is 4.74 Å². The molecule has 0 spiro atoms. The fourth-order valence-corrected chi connectivity index (χ4v) is 8.28. The van der Waals surface area contributed by atoms with E-state index in [1.807, 2.05) is 0 Å². The molecule has 2 aromatic carbocycles. The lowest BCUT2D eigenvalue weighted by molar-refractivity contribution is -0.388. The molecule has 0 N–H and O–H groups in total. The summed E-state index contributed by atoms with van der Waals surface area (Å²) in [6.45, 7) is 4.10. The number of carbonyl (C=O) groups excluding carboxylic acids is 1. The van der Waals surface area contributed by atoms with Crippen molar-refractivity contribution in [3.63, 3.8) is 0 Å². The van der Waals surface area contributed by atoms with Gasteiger partial charge in [-0.05, 0) is 57.9 Å². The third-order valence-electron chi connectivity index (χ3n) is 7.22. The molecular formula is C30H36N6O10S2. The maximum atomic E-state index is 13.9. The summed E-state index contributed by atoms with van der Waals surface area (Å²) >= 11 is 0. The number of pyridine rings is 1. The number of nitro groups is 2. The third-order valence-corrected chi connectivity index (χ3v) is 11.0. The molecule has 1 aliphatic heterocycles. The molecule has 18 heteroatoms. The number of benzene rings is 2. The van der Waals surface area contributed by atoms with Gasteiger partial charge in [0, 0.05) is 38.3 Å². The molecule has 16 nitrogen and oxygen atoms in total. The van der Waals surface area contributed by atoms with Crippen molar-refractivity contribution in [1.29, 1.82) is 0 Å². The second kappa shape index (κ2) is 14.7. The van der Waals surface area contributed by atoms with Crippen LogP contribution in [-0.2, 0) is 37.9 Å². The monoisotopic (exact) mass is 704 g/mol. The number of sulfonamides is 2. The van der Waals surface area contributed by atoms with E-state index in [9.17, 15) is 41.9 Å². The Bertz CT molecular complexity index is 1780. The Kier molecular flexibility index (Phi) is 11.1. The second-order valence-corrected chi connectivity index (χ2v) is 15.7. The number of nitro benzene ring substituents is 2. The van der Waals surface area contributed by atoms with Crippen molar-refractivity contribution in [3.05, 3.63) is 98.3 Å². The van der Waals surface area contributed by atoms with Crippen molar-refractivity contribution in [2.24, 2.45) is 0 Å². The molecule has 0 fully saturated rings. The minimum absolute atomic E-state index is 0.00217. The Morgan fingerprint density at radius 1 is 0.708 bits per heavy atom. The van der Waals surface area contributed by atoms with Gasteiger partial charge < -0.3 is 9.64 Å². The largest absolute Gasteiger partial charge is 0.444 e. The topological polar surface area (TPSA) is 203 Å². The van der Waals surface area contributed by atoms with Crippen molar-refractivity contribution < 1.29 is 36.2 Å². The van der Waals surface area contributed by atoms with Crippen molar-refractivity contribution in [2.75, 3.05) is 26.2 Å². The molecule has 0 atom stereocenters. The van der Waals surface area contributed by atoms with Crippen LogP contribution in [0, 0.1) is 20.2 Å². The molecule has 4 rings (SSSR count). The minimum atomic E-state index is -4.48. The SMILES string of the molecule is CC(C)(C)OC(=O)N1CCCN(S(=O)(=O)c2ccccc2[N+](=O)[O-])Cc2cccc(n2)CN(S(=O)(=O)c2ccccc2[N+](=O)[O-])CCC1. The summed E-state index contributed by atoms with van der Waals surface area (Å²) in [6.07, 6.45) is -0.517. The summed E-state index contributed by atoms with van der Waals surface area (Å²) in [6, 6.07) is 14.6. The lowest BCUT2D eigenvalue weighted by Gasteiger charge is -2.30. The highest BCUT2D eigenvalue weighted by Crippen LogP contribution is 2.29. The van der Waals surface area contributed by atoms with E-state index >= 15 is 0 Å². The fraction of sp³-hybridized carbons (Fsp3) is 0.400. The van der Waals surface area contributed by atoms with E-state index in [0.717, 1.165) is 32.9 Å². The van der Waals surface area contributed by atoms with Crippen molar-refractivity contribution in [3.8, 4) is 0 Å². The van der Waals surface area contributed by atoms with Crippen molar-refractivity contribution >= 4 is 37.5 Å². The van der Waals surface area contributed by atoms with Crippen molar-refractivity contribution in [1.82, 2.24) is 18.5 Å². The Morgan fingerprint density at radius 3 is 1.52 bits per heavy atom. The first-order chi connectivity index (χ1) is 22.5. The predicted molar refractivity (Wildman–Crippen MR) is 173 cm³/mol. The van der Waals surface area contributed by atoms with Crippen LogP contribution in [0.15, 0.2) is 76.5 Å². The zero-order valence-electron chi connectivity index (χ0n) is 26.6. The zero-order valence-corrected chi connectivity index (χ0v) is 28.2. The summed E-state index contributed by atoms with van der Waals surface area (Å²) in [5.74, 6) is 0. The molecule has 1 aromatic heterocycles. The van der Waals surface area contributed by atoms with E-state index < -0.39 is 62.8 Å². The van der Waals surface area contributed by atoms with Crippen molar-refractivity contribution in [2.45, 2.75) is 62.1 Å². The van der Waals surface area contributed by atoms with Gasteiger partial charge in [-0.3, -0.25) is 25.2 Å². The number of rotatable bonds is 6. The average Bonchev–Trinajstić information content (AvgIpc) is 3.01. The highest BCUT2D eigenvalue weighted by Gasteiger charge is 2.34. The first kappa shape index (κ1) is 36.3. The molecule has 0 radical (unpaired) electrons. The molecule has 1 amide bonds. The molecular weight excluding hydrogens is 668 g/mol. The van der Waals surface area contributed by atoms with Gasteiger partial charge in [0.1, 0.15) is 5.60 Å². The first-order valence-corrected chi connectivity index (χ1v) is 17.8. The van der Waals surface area contributed by atoms with Crippen LogP contribution in [0.1, 0.15) is 45.0 Å². The van der Waals surface area contributed by atoms with Crippen LogP contribution in [0.3, 0.4) is 0 Å². The summed E-state index contributed by atoms with van der Waals surface area (Å²) < 4.78 is 63.3. The van der Waals surface area contributed by atoms with E-state index in [2.05, 4.69) is 4.98 Å². The molecule has 48 heavy (non-hydrogen) atoms. The van der Waals surface area contributed by atoms with Crippen LogP contribution in [-0.4, -0.2) is 83.0 Å². The summed E-state index contributed by atoms with van der Waals surface area (Å²) in [5.41, 5.74) is -1.64. The van der Waals surface area contributed by atoms with Crippen LogP contribution in [0.2, 0.25) is 0 Å². The van der Waals surface area contributed by atoms with E-state index in [0.29, 0.717) is 0 Å². The number of amides is 1. The lowest BCUT2D eigenvalue weighted by Crippen LogP contribution is -2.41. The molecule has 0 aliphatic carbocycles. The molecule has 2 heterocycles. The number of nitrogens with zero attached hydrogens (tertiary/aromatic N) is 6. The standard InChI is InChI=1S/C30H36N6O10S2/c1-30(2,3)46-29(37)32-17-9-19-33(47(42,43)27-15-6-4-13-25(27)35(38)39)21-23-11-8-12-24(31-23)22-34(20-10-18-32)48(44,45)28-16-7-5-14-26(28)36(40)41/h4-8,11-16H,9-10,17-22H2,1-3H3. The second-order valence-electron chi connectivity index (χ2n) is 11.9. The van der Waals surface area contributed by atoms with E-state index in [1.165, 1.54) is 41.3 Å². The Morgan fingerprint density at radius 2 is 1.12 bits per heavy atom. The Hall–Kier alpha value is -4.52. The summed E-state index contributed by atoms with van der Waals surface area (Å²) in [7, 11) is -8.95. The molecule has 0 saturated heterocycles. The number of carbonyl (C=O) groups is 1. The van der Waals surface area contributed by atoms with Gasteiger partial charge in [0.05, 0.1) is 34.3 Å². The van der Waals surface area contributed by atoms with Gasteiger partial charge >= 0.3 is 6.09 Å². The molecule has 0 unspecified atom stereocenters. The van der Waals surface area contributed by atoms with Crippen LogP contribution < -0.4 is 0 Å². The third kappa shape index (κ3) is 8.68. The van der Waals surface area contributed by atoms with E-state index in [1.54, 1.807) is 26.8 Å². The number of ether oxygens (including phenoxy) is 1. The average molecular weight is 705 g/mol. The Balaban J connectivity index is 1.79. The molecule has 0 saturated carbocycles. The van der Waals surface area contributed by atoms with Gasteiger partial charge in [-0.1, -0.05) is 30.3 Å². The van der Waals surface area contributed by atoms with Gasteiger partial charge in [-0.2, -0.15) is 8.61 Å². The predicted octanol–water partition coefficient (Wildman–Crippen LogP) is 4.31. The van der Waals surface area contributed by atoms with Gasteiger partial charge in [0.2, 0.25) is 20.0 Å². The van der Waals surface area contributed by atoms with E-state index in [-0.39, 0.29) is 63.5 Å². The van der Waals surface area contributed by atoms with Gasteiger partial charge in [0.25, 0.3) is 11.4 Å². The highest BCUT2D eigenvalue weighted by atomic mass is 32.2. The molecule has 1 aliphatic rings. The maximum absolute atomic E-state index is 13.9. The number of hydrogen-bond donors (Lipinski definition) is 0. The highest BCUT2D eigenvalue weighted by molar-refractivity contribution is 7.89. The van der Waals surface area contributed by atoms with Gasteiger partial charge in [-0.15, -0.1) is 0 Å². The summed E-state index contributed by atoms with van der Waals surface area (Å²) in [5, 5.41) is 23.5. The number of para-hydroxylation sites is 2. The van der Waals surface area contributed by atoms with Gasteiger partial charge in [-0.25, -0.2) is 21.6 Å². The molecule has 2 bridgehead atoms. The first-order valence-electron chi connectivity index (χ1n) is 14.9. The fourth-order valence-electron chi connectivity index (χ4n) is 5.06. The quantitative estimate of drug-likeness (QED) is 0.261. The number of hydrogen-bond acceptors (Lipinski definition) is 11. The lowest BCUT2D eigenvalue weighted by atomic mass is 10.2. The number of fused-ring (bicyclic) bond motifs is 2. The van der Waals surface area contributed by atoms with Crippen LogP contribution >= 0.6 is 0 Å². The zero-order chi connectivity index (χ0) is 35.3. The summed E-state index contributed by atoms with van der Waals surface area (Å²) in [4.78, 5) is 39.9. The Labute approximate surface area is 278 Å². The minimum Gasteiger partial charge on any atom is -0.444 e.